The van der Waals surface area contributed by atoms with E-state index in [1.807, 2.05) is 0 Å². The number of carbonyl (C=O) groups is 3. The van der Waals surface area contributed by atoms with Crippen molar-refractivity contribution in [2.75, 3.05) is 5.32 Å². The second kappa shape index (κ2) is 8.01. The number of nitrogens with one attached hydrogen (secondary N) is 2. The number of rotatable bonds is 5. The maximum absolute atomic E-state index is 11.6. The number of hydrogen-bond donors (Lipinski definition) is 3. The summed E-state index contributed by atoms with van der Waals surface area (Å²) in [6.45, 7) is 0. The minimum Gasteiger partial charge on any atom is -0.481 e. The summed E-state index contributed by atoms with van der Waals surface area (Å²) in [7, 11) is 0. The van der Waals surface area contributed by atoms with Crippen LogP contribution in [-0.4, -0.2) is 23.0 Å². The second-order valence-corrected chi connectivity index (χ2v) is 5.64. The monoisotopic (exact) mass is 406 g/mol. The first-order chi connectivity index (χ1) is 9.38. The van der Waals surface area contributed by atoms with Crippen LogP contribution in [-0.2, 0) is 9.59 Å². The van der Waals surface area contributed by atoms with Crippen LogP contribution in [0.1, 0.15) is 19.3 Å². The zero-order chi connectivity index (χ0) is 15.1. The average molecular weight is 408 g/mol. The van der Waals surface area contributed by atoms with Crippen LogP contribution in [0.5, 0.6) is 0 Å². The number of benzene rings is 1. The van der Waals surface area contributed by atoms with Crippen molar-refractivity contribution >= 4 is 55.5 Å². The Morgan fingerprint density at radius 3 is 2.45 bits per heavy atom. The SMILES string of the molecule is O=C(O)CCCC(=O)NC(=O)Nc1ccc(Br)cc1Br. The Morgan fingerprint density at radius 1 is 1.15 bits per heavy atom. The molecule has 3 N–H and O–H groups in total. The van der Waals surface area contributed by atoms with Gasteiger partial charge in [0.1, 0.15) is 0 Å². The van der Waals surface area contributed by atoms with Gasteiger partial charge in [0.2, 0.25) is 5.91 Å². The van der Waals surface area contributed by atoms with Crippen LogP contribution in [0.2, 0.25) is 0 Å². The lowest BCUT2D eigenvalue weighted by Crippen LogP contribution is -2.34. The molecule has 20 heavy (non-hydrogen) atoms. The molecule has 0 spiro atoms. The van der Waals surface area contributed by atoms with Crippen LogP contribution < -0.4 is 10.6 Å². The molecule has 1 aromatic carbocycles. The molecule has 0 atom stereocenters. The zero-order valence-electron chi connectivity index (χ0n) is 10.3. The number of carbonyl (C=O) groups excluding carboxylic acids is 2. The molecule has 0 saturated heterocycles. The molecule has 6 nitrogen and oxygen atoms in total. The van der Waals surface area contributed by atoms with E-state index in [-0.39, 0.29) is 19.3 Å². The molecule has 0 aliphatic carbocycles. The Kier molecular flexibility index (Phi) is 6.66. The van der Waals surface area contributed by atoms with Crippen LogP contribution in [0, 0.1) is 0 Å². The summed E-state index contributed by atoms with van der Waals surface area (Å²) in [5.41, 5.74) is 0.518. The number of aliphatic carboxylic acids is 1. The topological polar surface area (TPSA) is 95.5 Å². The minimum atomic E-state index is -0.971. The fourth-order valence-corrected chi connectivity index (χ4v) is 2.48. The average Bonchev–Trinajstić information content (AvgIpc) is 2.32. The molecule has 0 radical (unpaired) electrons. The summed E-state index contributed by atoms with van der Waals surface area (Å²) in [4.78, 5) is 33.2. The number of amides is 3. The van der Waals surface area contributed by atoms with Gasteiger partial charge in [-0.3, -0.25) is 14.9 Å². The summed E-state index contributed by atoms with van der Waals surface area (Å²) >= 11 is 6.56. The molecule has 108 valence electrons. The van der Waals surface area contributed by atoms with Crippen molar-refractivity contribution < 1.29 is 19.5 Å². The number of hydrogen-bond acceptors (Lipinski definition) is 3. The maximum Gasteiger partial charge on any atom is 0.325 e. The number of carboxylic acid groups (broad SMARTS) is 1. The lowest BCUT2D eigenvalue weighted by atomic mass is 10.2. The fraction of sp³-hybridized carbons (Fsp3) is 0.250. The summed E-state index contributed by atoms with van der Waals surface area (Å²) in [6, 6.07) is 4.51. The van der Waals surface area contributed by atoms with E-state index in [1.165, 1.54) is 0 Å². The van der Waals surface area contributed by atoms with Gasteiger partial charge in [-0.2, -0.15) is 0 Å². The third kappa shape index (κ3) is 6.16. The smallest absolute Gasteiger partial charge is 0.325 e. The van der Waals surface area contributed by atoms with E-state index in [9.17, 15) is 14.4 Å². The largest absolute Gasteiger partial charge is 0.481 e. The lowest BCUT2D eigenvalue weighted by Gasteiger charge is -2.08. The molecule has 0 aliphatic rings. The fourth-order valence-electron chi connectivity index (χ4n) is 1.33. The van der Waals surface area contributed by atoms with E-state index in [1.54, 1.807) is 18.2 Å². The lowest BCUT2D eigenvalue weighted by molar-refractivity contribution is -0.137. The molecule has 1 rings (SSSR count). The number of carboxylic acids is 1. The van der Waals surface area contributed by atoms with Crippen LogP contribution in [0.3, 0.4) is 0 Å². The van der Waals surface area contributed by atoms with Gasteiger partial charge in [-0.15, -0.1) is 0 Å². The molecule has 0 aromatic heterocycles. The predicted molar refractivity (Wildman–Crippen MR) is 80.5 cm³/mol. The highest BCUT2D eigenvalue weighted by atomic mass is 79.9. The molecule has 1 aromatic rings. The number of urea groups is 1. The van der Waals surface area contributed by atoms with Crippen molar-refractivity contribution in [3.05, 3.63) is 27.1 Å². The van der Waals surface area contributed by atoms with Crippen molar-refractivity contribution in [2.45, 2.75) is 19.3 Å². The maximum atomic E-state index is 11.6. The normalized spacial score (nSPS) is 9.90. The minimum absolute atomic E-state index is 0.0127. The van der Waals surface area contributed by atoms with E-state index in [4.69, 9.17) is 5.11 Å². The third-order valence-electron chi connectivity index (χ3n) is 2.23. The molecule has 0 heterocycles. The summed E-state index contributed by atoms with van der Waals surface area (Å²) in [6.07, 6.45) is 0.0744. The highest BCUT2D eigenvalue weighted by molar-refractivity contribution is 9.11. The van der Waals surface area contributed by atoms with Gasteiger partial charge in [0, 0.05) is 21.8 Å². The first-order valence-electron chi connectivity index (χ1n) is 5.66. The van der Waals surface area contributed by atoms with Gasteiger partial charge in [0.15, 0.2) is 0 Å². The first-order valence-corrected chi connectivity index (χ1v) is 7.25. The highest BCUT2D eigenvalue weighted by Gasteiger charge is 2.10. The van der Waals surface area contributed by atoms with Crippen LogP contribution in [0.15, 0.2) is 27.1 Å². The van der Waals surface area contributed by atoms with Crippen molar-refractivity contribution in [2.24, 2.45) is 0 Å². The quantitative estimate of drug-likeness (QED) is 0.698. The van der Waals surface area contributed by atoms with Gasteiger partial charge >= 0.3 is 12.0 Å². The Labute approximate surface area is 132 Å². The van der Waals surface area contributed by atoms with Crippen LogP contribution in [0.4, 0.5) is 10.5 Å². The van der Waals surface area contributed by atoms with Gasteiger partial charge in [-0.05, 0) is 40.5 Å². The van der Waals surface area contributed by atoms with Gasteiger partial charge in [-0.1, -0.05) is 15.9 Å². The van der Waals surface area contributed by atoms with E-state index >= 15 is 0 Å². The van der Waals surface area contributed by atoms with E-state index in [0.29, 0.717) is 10.2 Å². The molecule has 8 heteroatoms. The Hall–Kier alpha value is -1.41. The Balaban J connectivity index is 2.43. The molecule has 0 bridgehead atoms. The molecule has 0 fully saturated rings. The van der Waals surface area contributed by atoms with Gasteiger partial charge in [-0.25, -0.2) is 4.79 Å². The van der Waals surface area contributed by atoms with E-state index < -0.39 is 17.9 Å². The Morgan fingerprint density at radius 2 is 1.85 bits per heavy atom. The summed E-state index contributed by atoms with van der Waals surface area (Å²) in [5.74, 6) is -1.49. The number of imide groups is 1. The standard InChI is InChI=1S/C12H12Br2N2O4/c13-7-4-5-9(8(14)6-7)15-12(20)16-10(17)2-1-3-11(18)19/h4-6H,1-3H2,(H,18,19)(H2,15,16,17,20). The third-order valence-corrected chi connectivity index (χ3v) is 3.38. The van der Waals surface area contributed by atoms with E-state index in [2.05, 4.69) is 42.5 Å². The molecule has 0 aliphatic heterocycles. The zero-order valence-corrected chi connectivity index (χ0v) is 13.5. The highest BCUT2D eigenvalue weighted by Crippen LogP contribution is 2.25. The van der Waals surface area contributed by atoms with Crippen LogP contribution in [0.25, 0.3) is 0 Å². The first kappa shape index (κ1) is 16.6. The van der Waals surface area contributed by atoms with E-state index in [0.717, 1.165) is 4.47 Å². The number of anilines is 1. The number of halogens is 2. The molecular weight excluding hydrogens is 396 g/mol. The van der Waals surface area contributed by atoms with Crippen molar-refractivity contribution in [1.29, 1.82) is 0 Å². The molecule has 0 saturated carbocycles. The predicted octanol–water partition coefficient (Wildman–Crippen LogP) is 3.11. The van der Waals surface area contributed by atoms with Gasteiger partial charge < -0.3 is 10.4 Å². The van der Waals surface area contributed by atoms with Crippen molar-refractivity contribution in [3.63, 3.8) is 0 Å². The molecule has 3 amide bonds. The van der Waals surface area contributed by atoms with Crippen molar-refractivity contribution in [1.82, 2.24) is 5.32 Å². The summed E-state index contributed by atoms with van der Waals surface area (Å²) in [5, 5.41) is 13.1. The second-order valence-electron chi connectivity index (χ2n) is 3.87. The van der Waals surface area contributed by atoms with Crippen molar-refractivity contribution in [3.8, 4) is 0 Å². The molecule has 0 unspecified atom stereocenters. The van der Waals surface area contributed by atoms with Crippen LogP contribution >= 0.6 is 31.9 Å². The van der Waals surface area contributed by atoms with Gasteiger partial charge in [0.05, 0.1) is 5.69 Å². The summed E-state index contributed by atoms with van der Waals surface area (Å²) < 4.78 is 1.51. The van der Waals surface area contributed by atoms with Gasteiger partial charge in [0.25, 0.3) is 0 Å². The molecular formula is C12H12Br2N2O4. The Bertz CT molecular complexity index is 534.